The summed E-state index contributed by atoms with van der Waals surface area (Å²) in [6, 6.07) is -1.49. The van der Waals surface area contributed by atoms with Crippen molar-refractivity contribution in [3.63, 3.8) is 0 Å². The topological polar surface area (TPSA) is 38.3 Å². The fourth-order valence-electron chi connectivity index (χ4n) is 1.75. The summed E-state index contributed by atoms with van der Waals surface area (Å²) in [5.74, 6) is -0.673. The van der Waals surface area contributed by atoms with Crippen LogP contribution in [-0.4, -0.2) is 31.8 Å². The SMILES string of the molecule is COC(=O)C[C@H]1CCN[C@@H](C(F)(F)F)C1. The van der Waals surface area contributed by atoms with E-state index in [4.69, 9.17) is 0 Å². The van der Waals surface area contributed by atoms with Gasteiger partial charge in [0.15, 0.2) is 0 Å². The number of rotatable bonds is 2. The van der Waals surface area contributed by atoms with Gasteiger partial charge in [0, 0.05) is 6.42 Å². The van der Waals surface area contributed by atoms with Gasteiger partial charge in [-0.1, -0.05) is 0 Å². The number of alkyl halides is 3. The Hall–Kier alpha value is -0.780. The zero-order valence-corrected chi connectivity index (χ0v) is 8.43. The highest BCUT2D eigenvalue weighted by Gasteiger charge is 2.42. The molecule has 0 unspecified atom stereocenters. The van der Waals surface area contributed by atoms with E-state index < -0.39 is 18.2 Å². The number of hydrogen-bond donors (Lipinski definition) is 1. The molecule has 3 nitrogen and oxygen atoms in total. The molecule has 1 aliphatic heterocycles. The summed E-state index contributed by atoms with van der Waals surface area (Å²) in [5.41, 5.74) is 0. The Morgan fingerprint density at radius 3 is 2.73 bits per heavy atom. The number of nitrogens with one attached hydrogen (secondary N) is 1. The first kappa shape index (κ1) is 12.3. The molecule has 1 aliphatic rings. The molecule has 0 amide bonds. The van der Waals surface area contributed by atoms with Gasteiger partial charge in [0.1, 0.15) is 6.04 Å². The molecule has 0 aromatic carbocycles. The minimum atomic E-state index is -4.23. The number of piperidine rings is 1. The van der Waals surface area contributed by atoms with Gasteiger partial charge in [-0.05, 0) is 25.3 Å². The fourth-order valence-corrected chi connectivity index (χ4v) is 1.75. The number of halogens is 3. The van der Waals surface area contributed by atoms with Crippen LogP contribution in [0.5, 0.6) is 0 Å². The summed E-state index contributed by atoms with van der Waals surface area (Å²) in [5, 5.41) is 2.40. The molecule has 1 saturated heterocycles. The van der Waals surface area contributed by atoms with E-state index in [1.807, 2.05) is 0 Å². The molecule has 0 bridgehead atoms. The highest BCUT2D eigenvalue weighted by Crippen LogP contribution is 2.30. The summed E-state index contributed by atoms with van der Waals surface area (Å²) in [4.78, 5) is 10.9. The van der Waals surface area contributed by atoms with Gasteiger partial charge in [-0.25, -0.2) is 0 Å². The van der Waals surface area contributed by atoms with Gasteiger partial charge in [0.2, 0.25) is 0 Å². The summed E-state index contributed by atoms with van der Waals surface area (Å²) in [6.45, 7) is 0.297. The number of methoxy groups -OCH3 is 1. The second-order valence-electron chi connectivity index (χ2n) is 3.72. The van der Waals surface area contributed by atoms with Crippen LogP contribution in [-0.2, 0) is 9.53 Å². The van der Waals surface area contributed by atoms with Gasteiger partial charge in [0.25, 0.3) is 0 Å². The first-order chi connectivity index (χ1) is 6.93. The van der Waals surface area contributed by atoms with Crippen LogP contribution in [0.25, 0.3) is 0 Å². The molecule has 88 valence electrons. The molecule has 2 atom stereocenters. The van der Waals surface area contributed by atoms with Crippen LogP contribution in [0.2, 0.25) is 0 Å². The maximum absolute atomic E-state index is 12.4. The Labute approximate surface area is 86.0 Å². The van der Waals surface area contributed by atoms with E-state index in [0.717, 1.165) is 0 Å². The van der Waals surface area contributed by atoms with Crippen molar-refractivity contribution < 1.29 is 22.7 Å². The molecule has 0 spiro atoms. The van der Waals surface area contributed by atoms with E-state index >= 15 is 0 Å². The van der Waals surface area contributed by atoms with Crippen LogP contribution in [0, 0.1) is 5.92 Å². The molecule has 0 aliphatic carbocycles. The van der Waals surface area contributed by atoms with E-state index in [0.29, 0.717) is 13.0 Å². The molecular formula is C9H14F3NO2. The van der Waals surface area contributed by atoms with E-state index in [1.165, 1.54) is 7.11 Å². The number of ether oxygens (including phenoxy) is 1. The van der Waals surface area contributed by atoms with Gasteiger partial charge in [0.05, 0.1) is 7.11 Å². The van der Waals surface area contributed by atoms with E-state index in [2.05, 4.69) is 10.1 Å². The lowest BCUT2D eigenvalue weighted by Gasteiger charge is -2.31. The van der Waals surface area contributed by atoms with E-state index in [1.54, 1.807) is 0 Å². The predicted octanol–water partition coefficient (Wildman–Crippen LogP) is 1.48. The van der Waals surface area contributed by atoms with Crippen LogP contribution in [0.15, 0.2) is 0 Å². The van der Waals surface area contributed by atoms with E-state index in [-0.39, 0.29) is 18.8 Å². The Kier molecular flexibility index (Phi) is 3.96. The molecular weight excluding hydrogens is 211 g/mol. The number of hydrogen-bond acceptors (Lipinski definition) is 3. The molecule has 1 fully saturated rings. The Bertz CT molecular complexity index is 230. The number of carbonyl (C=O) groups is 1. The summed E-state index contributed by atoms with van der Waals surface area (Å²) in [6.07, 6.45) is -3.61. The molecule has 15 heavy (non-hydrogen) atoms. The Balaban J connectivity index is 2.46. The lowest BCUT2D eigenvalue weighted by molar-refractivity contribution is -0.165. The van der Waals surface area contributed by atoms with Crippen molar-refractivity contribution >= 4 is 5.97 Å². The molecule has 1 N–H and O–H groups in total. The second-order valence-corrected chi connectivity index (χ2v) is 3.72. The fraction of sp³-hybridized carbons (Fsp3) is 0.889. The molecule has 1 heterocycles. The van der Waals surface area contributed by atoms with Gasteiger partial charge in [-0.2, -0.15) is 13.2 Å². The summed E-state index contributed by atoms with van der Waals surface area (Å²) < 4.78 is 41.5. The third kappa shape index (κ3) is 3.70. The zero-order valence-electron chi connectivity index (χ0n) is 8.43. The van der Waals surface area contributed by atoms with Gasteiger partial charge in [-0.15, -0.1) is 0 Å². The van der Waals surface area contributed by atoms with Crippen molar-refractivity contribution in [1.29, 1.82) is 0 Å². The Morgan fingerprint density at radius 2 is 2.20 bits per heavy atom. The molecule has 0 aromatic heterocycles. The first-order valence-electron chi connectivity index (χ1n) is 4.80. The minimum absolute atomic E-state index is 0.0431. The molecule has 0 radical (unpaired) electrons. The van der Waals surface area contributed by atoms with Crippen LogP contribution in [0.1, 0.15) is 19.3 Å². The van der Waals surface area contributed by atoms with Crippen molar-refractivity contribution in [2.45, 2.75) is 31.5 Å². The predicted molar refractivity (Wildman–Crippen MR) is 47.2 cm³/mol. The molecule has 1 rings (SSSR count). The highest BCUT2D eigenvalue weighted by molar-refractivity contribution is 5.69. The molecule has 0 saturated carbocycles. The standard InChI is InChI=1S/C9H14F3NO2/c1-15-8(14)5-6-2-3-13-7(4-6)9(10,11)12/h6-7,13H,2-5H2,1H3/t6-,7+/m0/s1. The first-order valence-corrected chi connectivity index (χ1v) is 4.80. The zero-order chi connectivity index (χ0) is 11.5. The molecule has 0 aromatic rings. The minimum Gasteiger partial charge on any atom is -0.469 e. The number of carbonyl (C=O) groups excluding carboxylic acids is 1. The van der Waals surface area contributed by atoms with Crippen molar-refractivity contribution in [2.24, 2.45) is 5.92 Å². The summed E-state index contributed by atoms with van der Waals surface area (Å²) >= 11 is 0. The van der Waals surface area contributed by atoms with Crippen molar-refractivity contribution in [1.82, 2.24) is 5.32 Å². The maximum Gasteiger partial charge on any atom is 0.403 e. The lowest BCUT2D eigenvalue weighted by Crippen LogP contribution is -2.48. The third-order valence-electron chi connectivity index (χ3n) is 2.59. The highest BCUT2D eigenvalue weighted by atomic mass is 19.4. The monoisotopic (exact) mass is 225 g/mol. The van der Waals surface area contributed by atoms with Gasteiger partial charge >= 0.3 is 12.1 Å². The van der Waals surface area contributed by atoms with Crippen molar-refractivity contribution in [2.75, 3.05) is 13.7 Å². The quantitative estimate of drug-likeness (QED) is 0.723. The average Bonchev–Trinajstić information content (AvgIpc) is 2.17. The second kappa shape index (κ2) is 4.83. The van der Waals surface area contributed by atoms with Gasteiger partial charge < -0.3 is 10.1 Å². The largest absolute Gasteiger partial charge is 0.469 e. The Morgan fingerprint density at radius 1 is 1.53 bits per heavy atom. The van der Waals surface area contributed by atoms with Crippen LogP contribution >= 0.6 is 0 Å². The van der Waals surface area contributed by atoms with E-state index in [9.17, 15) is 18.0 Å². The summed E-state index contributed by atoms with van der Waals surface area (Å²) in [7, 11) is 1.24. The average molecular weight is 225 g/mol. The van der Waals surface area contributed by atoms with Crippen LogP contribution < -0.4 is 5.32 Å². The molecule has 6 heteroatoms. The van der Waals surface area contributed by atoms with Crippen molar-refractivity contribution in [3.05, 3.63) is 0 Å². The normalized spacial score (nSPS) is 27.5. The van der Waals surface area contributed by atoms with Crippen molar-refractivity contribution in [3.8, 4) is 0 Å². The maximum atomic E-state index is 12.4. The third-order valence-corrected chi connectivity index (χ3v) is 2.59. The number of esters is 1. The lowest BCUT2D eigenvalue weighted by atomic mass is 9.89. The van der Waals surface area contributed by atoms with Crippen LogP contribution in [0.3, 0.4) is 0 Å². The van der Waals surface area contributed by atoms with Crippen LogP contribution in [0.4, 0.5) is 13.2 Å². The smallest absolute Gasteiger partial charge is 0.403 e. The van der Waals surface area contributed by atoms with Gasteiger partial charge in [-0.3, -0.25) is 4.79 Å².